The first-order valence-electron chi connectivity index (χ1n) is 19.0. The number of fused-ring (bicyclic) bond motifs is 2. The highest BCUT2D eigenvalue weighted by molar-refractivity contribution is 5.92. The number of benzene rings is 1. The van der Waals surface area contributed by atoms with E-state index >= 15 is 4.79 Å². The van der Waals surface area contributed by atoms with Gasteiger partial charge in [0.2, 0.25) is 5.91 Å². The highest BCUT2D eigenvalue weighted by Crippen LogP contribution is 2.51. The average molecular weight is 673 g/mol. The lowest BCUT2D eigenvalue weighted by atomic mass is 9.63. The molecule has 6 aliphatic rings. The summed E-state index contributed by atoms with van der Waals surface area (Å²) >= 11 is 0. The van der Waals surface area contributed by atoms with E-state index in [-0.39, 0.29) is 42.8 Å². The number of hydrogen-bond donors (Lipinski definition) is 1. The molecule has 10 heteroatoms. The molecule has 3 aliphatic carbocycles. The molecule has 7 unspecified atom stereocenters. The number of Topliss-reactive ketones (excluding diaryl/α,β-unsaturated/α-hetero) is 1. The fourth-order valence-corrected chi connectivity index (χ4v) is 10.4. The number of nitrogens with one attached hydrogen (secondary N) is 1. The van der Waals surface area contributed by atoms with Crippen LogP contribution in [0.4, 0.5) is 0 Å². The molecule has 0 radical (unpaired) electrons. The number of ketones is 1. The van der Waals surface area contributed by atoms with E-state index in [0.29, 0.717) is 44.1 Å². The molecule has 1 spiro atoms. The molecule has 1 aromatic rings. The molecule has 1 amide bonds. The van der Waals surface area contributed by atoms with E-state index in [1.54, 1.807) is 7.11 Å². The maximum atomic E-state index is 15.1. The Morgan fingerprint density at radius 2 is 1.90 bits per heavy atom. The number of rotatable bonds is 8. The number of likely N-dealkylation sites (tertiary alicyclic amines) is 1. The van der Waals surface area contributed by atoms with Gasteiger partial charge in [0.15, 0.2) is 12.1 Å². The second kappa shape index (κ2) is 14.8. The molecule has 49 heavy (non-hydrogen) atoms. The molecule has 3 aliphatic heterocycles. The molecule has 2 saturated carbocycles. The summed E-state index contributed by atoms with van der Waals surface area (Å²) in [6, 6.07) is 8.73. The van der Waals surface area contributed by atoms with Crippen molar-refractivity contribution in [3.8, 4) is 11.8 Å². The van der Waals surface area contributed by atoms with Crippen LogP contribution in [-0.4, -0.2) is 115 Å². The number of ether oxygens (including phenoxy) is 2. The van der Waals surface area contributed by atoms with Crippen LogP contribution < -0.4 is 10.1 Å². The number of carbonyl (C=O) groups is 2. The molecule has 1 aromatic carbocycles. The van der Waals surface area contributed by atoms with Crippen molar-refractivity contribution in [2.75, 3.05) is 46.9 Å². The first-order valence-corrected chi connectivity index (χ1v) is 19.0. The smallest absolute Gasteiger partial charge is 0.246 e. The number of hydrogen-bond acceptors (Lipinski definition) is 9. The number of methoxy groups -OCH3 is 1. The summed E-state index contributed by atoms with van der Waals surface area (Å²) in [5.74, 6) is 1.16. The van der Waals surface area contributed by atoms with Crippen molar-refractivity contribution in [3.63, 3.8) is 0 Å². The number of piperazine rings is 1. The van der Waals surface area contributed by atoms with Gasteiger partial charge in [-0.2, -0.15) is 5.26 Å². The first-order chi connectivity index (χ1) is 23.9. The zero-order valence-electron chi connectivity index (χ0n) is 29.7. The molecule has 5 fully saturated rings. The van der Waals surface area contributed by atoms with E-state index in [1.807, 2.05) is 17.0 Å². The Labute approximate surface area is 292 Å². The number of carbonyl (C=O) groups excluding carboxylic acids is 2. The van der Waals surface area contributed by atoms with Crippen molar-refractivity contribution in [1.29, 1.82) is 5.26 Å². The number of likely N-dealkylation sites (N-methyl/N-ethyl adjacent to an activating group) is 1. The third-order valence-electron chi connectivity index (χ3n) is 13.0. The van der Waals surface area contributed by atoms with Gasteiger partial charge in [-0.25, -0.2) is 4.90 Å². The minimum Gasteiger partial charge on any atom is -0.496 e. The van der Waals surface area contributed by atoms with E-state index in [0.717, 1.165) is 57.2 Å². The van der Waals surface area contributed by atoms with E-state index < -0.39 is 5.41 Å². The summed E-state index contributed by atoms with van der Waals surface area (Å²) in [5.41, 5.74) is 1.97. The molecule has 266 valence electrons. The van der Waals surface area contributed by atoms with Crippen LogP contribution in [0.15, 0.2) is 30.9 Å². The van der Waals surface area contributed by atoms with Gasteiger partial charge in [-0.05, 0) is 88.2 Å². The summed E-state index contributed by atoms with van der Waals surface area (Å²) in [4.78, 5) is 37.4. The predicted octanol–water partition coefficient (Wildman–Crippen LogP) is 4.09. The van der Waals surface area contributed by atoms with Crippen molar-refractivity contribution in [2.24, 2.45) is 11.3 Å². The van der Waals surface area contributed by atoms with Crippen molar-refractivity contribution >= 4 is 11.7 Å². The maximum Gasteiger partial charge on any atom is 0.246 e. The van der Waals surface area contributed by atoms with Gasteiger partial charge < -0.3 is 19.3 Å². The third kappa shape index (κ3) is 6.58. The number of nitrogens with zero attached hydrogens (tertiary/aromatic N) is 5. The molecule has 0 bridgehead atoms. The summed E-state index contributed by atoms with van der Waals surface area (Å²) in [6.07, 6.45) is 13.9. The van der Waals surface area contributed by atoms with Gasteiger partial charge in [0.05, 0.1) is 44.5 Å². The Bertz CT molecular complexity index is 1420. The second-order valence-electron chi connectivity index (χ2n) is 15.7. The van der Waals surface area contributed by atoms with Crippen LogP contribution in [0, 0.1) is 22.7 Å². The molecule has 0 aromatic heterocycles. The normalized spacial score (nSPS) is 34.7. The van der Waals surface area contributed by atoms with E-state index in [9.17, 15) is 10.1 Å². The van der Waals surface area contributed by atoms with Crippen LogP contribution in [0.5, 0.6) is 5.75 Å². The van der Waals surface area contributed by atoms with Crippen LogP contribution in [0.1, 0.15) is 81.8 Å². The van der Waals surface area contributed by atoms with Crippen molar-refractivity contribution in [2.45, 2.75) is 120 Å². The van der Waals surface area contributed by atoms with Crippen LogP contribution >= 0.6 is 0 Å². The minimum absolute atomic E-state index is 0.0255. The molecule has 10 nitrogen and oxygen atoms in total. The third-order valence-corrected chi connectivity index (χ3v) is 13.0. The van der Waals surface area contributed by atoms with Crippen LogP contribution in [-0.2, 0) is 27.2 Å². The second-order valence-corrected chi connectivity index (χ2v) is 15.7. The molecule has 3 saturated heterocycles. The topological polar surface area (TPSA) is 101 Å². The monoisotopic (exact) mass is 672 g/mol. The standard InChI is InChI=1S/C39H56N6O4/c1-4-34(46)44-22-21-43(25-29(44)17-19-40)37-31-16-18-39(23-27-11-9-15-33(48-3)32(27)24-39)36(47)35(31)41-38(49-26-30-14-10-20-42(30)2)45(37)28-12-7-5-6-8-13-28/h4,9,11,15,28-31,35,37-38,41H,1,5-8,10,12-14,16-18,20-26H2,2-3H3. The van der Waals surface area contributed by atoms with Crippen LogP contribution in [0.25, 0.3) is 0 Å². The Hall–Kier alpha value is -2.81. The number of nitriles is 1. The van der Waals surface area contributed by atoms with Gasteiger partial charge in [-0.1, -0.05) is 44.4 Å². The summed E-state index contributed by atoms with van der Waals surface area (Å²) in [6.45, 7) is 7.30. The van der Waals surface area contributed by atoms with E-state index in [1.165, 1.54) is 49.3 Å². The molecule has 3 heterocycles. The Morgan fingerprint density at radius 1 is 1.08 bits per heavy atom. The Balaban J connectivity index is 1.24. The van der Waals surface area contributed by atoms with Gasteiger partial charge >= 0.3 is 0 Å². The lowest BCUT2D eigenvalue weighted by Gasteiger charge is -2.59. The Morgan fingerprint density at radius 3 is 2.61 bits per heavy atom. The molecule has 7 atom stereocenters. The van der Waals surface area contributed by atoms with Crippen molar-refractivity contribution in [3.05, 3.63) is 42.0 Å². The predicted molar refractivity (Wildman–Crippen MR) is 187 cm³/mol. The van der Waals surface area contributed by atoms with Gasteiger partial charge in [-0.15, -0.1) is 0 Å². The summed E-state index contributed by atoms with van der Waals surface area (Å²) in [5, 5.41) is 13.7. The lowest BCUT2D eigenvalue weighted by Crippen LogP contribution is -2.76. The van der Waals surface area contributed by atoms with Gasteiger partial charge in [-0.3, -0.25) is 19.8 Å². The largest absolute Gasteiger partial charge is 0.496 e. The number of amides is 1. The highest BCUT2D eigenvalue weighted by atomic mass is 16.5. The average Bonchev–Trinajstić information content (AvgIpc) is 3.60. The fraction of sp³-hybridized carbons (Fsp3) is 0.718. The van der Waals surface area contributed by atoms with Crippen molar-refractivity contribution < 1.29 is 19.1 Å². The molecular formula is C39H56N6O4. The molecule has 7 rings (SSSR count). The van der Waals surface area contributed by atoms with E-state index in [2.05, 4.69) is 45.8 Å². The van der Waals surface area contributed by atoms with Crippen LogP contribution in [0.2, 0.25) is 0 Å². The fourth-order valence-electron chi connectivity index (χ4n) is 10.4. The SMILES string of the molecule is C=CC(=O)N1CCN(C2C3CCC4(Cc5cccc(OC)c5C4)C(=O)C3NC(OCC3CCCN3C)N2C2CCCCCC2)CC1CC#N. The Kier molecular flexibility index (Phi) is 10.5. The molecule has 1 N–H and O–H groups in total. The highest BCUT2D eigenvalue weighted by Gasteiger charge is 2.59. The lowest BCUT2D eigenvalue weighted by molar-refractivity contribution is -0.216. The van der Waals surface area contributed by atoms with E-state index in [4.69, 9.17) is 9.47 Å². The summed E-state index contributed by atoms with van der Waals surface area (Å²) in [7, 11) is 3.91. The minimum atomic E-state index is -0.450. The van der Waals surface area contributed by atoms with Gasteiger partial charge in [0, 0.05) is 43.1 Å². The van der Waals surface area contributed by atoms with Crippen molar-refractivity contribution in [1.82, 2.24) is 24.9 Å². The zero-order chi connectivity index (χ0) is 34.1. The zero-order valence-corrected chi connectivity index (χ0v) is 29.7. The van der Waals surface area contributed by atoms with Gasteiger partial charge in [0.25, 0.3) is 0 Å². The quantitative estimate of drug-likeness (QED) is 0.323. The van der Waals surface area contributed by atoms with Crippen LogP contribution in [0.3, 0.4) is 0 Å². The summed E-state index contributed by atoms with van der Waals surface area (Å²) < 4.78 is 12.8. The molecular weight excluding hydrogens is 616 g/mol. The van der Waals surface area contributed by atoms with Gasteiger partial charge in [0.1, 0.15) is 5.75 Å². The maximum absolute atomic E-state index is 15.1. The first kappa shape index (κ1) is 34.6.